The van der Waals surface area contributed by atoms with Crippen LogP contribution in [0.4, 0.5) is 0 Å². The summed E-state index contributed by atoms with van der Waals surface area (Å²) in [6.45, 7) is 2.76. The Bertz CT molecular complexity index is 260. The van der Waals surface area contributed by atoms with Gasteiger partial charge in [-0.3, -0.25) is 0 Å². The van der Waals surface area contributed by atoms with Crippen LogP contribution in [0, 0.1) is 0 Å². The van der Waals surface area contributed by atoms with Gasteiger partial charge in [-0.05, 0) is 25.5 Å². The molecule has 4 heteroatoms. The Labute approximate surface area is 83.6 Å². The average Bonchev–Trinajstić information content (AvgIpc) is 2.63. The first kappa shape index (κ1) is 11.2. The monoisotopic (exact) mass is 199 g/mol. The van der Waals surface area contributed by atoms with E-state index >= 15 is 0 Å². The Kier molecular flexibility index (Phi) is 4.65. The molecule has 0 spiro atoms. The number of furan rings is 1. The second-order valence-corrected chi connectivity index (χ2v) is 3.32. The molecule has 4 nitrogen and oxygen atoms in total. The Morgan fingerprint density at radius 2 is 2.07 bits per heavy atom. The number of nitrogens with one attached hydrogen (secondary N) is 1. The minimum Gasteiger partial charge on any atom is -0.462 e. The molecular formula is C10H17NO3. The van der Waals surface area contributed by atoms with Gasteiger partial charge in [-0.15, -0.1) is 0 Å². The van der Waals surface area contributed by atoms with E-state index in [2.05, 4.69) is 5.32 Å². The third-order valence-corrected chi connectivity index (χ3v) is 2.06. The molecule has 80 valence electrons. The van der Waals surface area contributed by atoms with E-state index in [1.165, 1.54) is 0 Å². The molecule has 0 aromatic carbocycles. The van der Waals surface area contributed by atoms with Gasteiger partial charge in [0.1, 0.15) is 18.1 Å². The lowest BCUT2D eigenvalue weighted by atomic mass is 10.2. The highest BCUT2D eigenvalue weighted by atomic mass is 16.4. The maximum Gasteiger partial charge on any atom is 0.129 e. The van der Waals surface area contributed by atoms with Crippen molar-refractivity contribution in [2.24, 2.45) is 0 Å². The van der Waals surface area contributed by atoms with Crippen molar-refractivity contribution in [3.63, 3.8) is 0 Å². The Morgan fingerprint density at radius 1 is 1.36 bits per heavy atom. The van der Waals surface area contributed by atoms with Crippen molar-refractivity contribution in [1.29, 1.82) is 0 Å². The molecule has 1 aromatic rings. The number of hydrogen-bond donors (Lipinski definition) is 3. The molecule has 1 rings (SSSR count). The molecule has 3 N–H and O–H groups in total. The zero-order valence-electron chi connectivity index (χ0n) is 8.36. The fraction of sp³-hybridized carbons (Fsp3) is 0.600. The van der Waals surface area contributed by atoms with Crippen molar-refractivity contribution in [3.8, 4) is 0 Å². The van der Waals surface area contributed by atoms with Gasteiger partial charge >= 0.3 is 0 Å². The van der Waals surface area contributed by atoms with E-state index in [9.17, 15) is 0 Å². The minimum atomic E-state index is -0.0633. The third kappa shape index (κ3) is 3.49. The smallest absolute Gasteiger partial charge is 0.129 e. The van der Waals surface area contributed by atoms with Gasteiger partial charge in [0.05, 0.1) is 6.54 Å². The molecule has 0 amide bonds. The van der Waals surface area contributed by atoms with Crippen molar-refractivity contribution >= 4 is 0 Å². The maximum atomic E-state index is 8.77. The van der Waals surface area contributed by atoms with Crippen LogP contribution < -0.4 is 5.32 Å². The summed E-state index contributed by atoms with van der Waals surface area (Å²) in [6.07, 6.45) is 0.730. The first-order chi connectivity index (χ1) is 6.76. The van der Waals surface area contributed by atoms with Crippen LogP contribution in [0.3, 0.4) is 0 Å². The fourth-order valence-corrected chi connectivity index (χ4v) is 1.17. The van der Waals surface area contributed by atoms with Crippen molar-refractivity contribution in [2.75, 3.05) is 6.61 Å². The first-order valence-electron chi connectivity index (χ1n) is 4.79. The zero-order valence-corrected chi connectivity index (χ0v) is 8.36. The van der Waals surface area contributed by atoms with Crippen molar-refractivity contribution < 1.29 is 14.6 Å². The molecule has 1 atom stereocenters. The average molecular weight is 199 g/mol. The summed E-state index contributed by atoms with van der Waals surface area (Å²) in [5.74, 6) is 1.38. The van der Waals surface area contributed by atoms with Crippen LogP contribution in [0.5, 0.6) is 0 Å². The molecule has 1 heterocycles. The summed E-state index contributed by atoms with van der Waals surface area (Å²) in [5, 5.41) is 20.6. The zero-order chi connectivity index (χ0) is 10.4. The molecule has 0 bridgehead atoms. The van der Waals surface area contributed by atoms with Gasteiger partial charge in [-0.2, -0.15) is 0 Å². The van der Waals surface area contributed by atoms with Crippen LogP contribution in [0.2, 0.25) is 0 Å². The maximum absolute atomic E-state index is 8.77. The SMILES string of the molecule is CC(CCO)NCc1ccc(CO)o1. The number of rotatable bonds is 6. The fourth-order valence-electron chi connectivity index (χ4n) is 1.17. The highest BCUT2D eigenvalue weighted by Crippen LogP contribution is 2.07. The van der Waals surface area contributed by atoms with E-state index in [0.717, 1.165) is 12.2 Å². The van der Waals surface area contributed by atoms with E-state index in [-0.39, 0.29) is 19.3 Å². The van der Waals surface area contributed by atoms with Crippen molar-refractivity contribution in [1.82, 2.24) is 5.32 Å². The van der Waals surface area contributed by atoms with Gasteiger partial charge in [0.25, 0.3) is 0 Å². The van der Waals surface area contributed by atoms with Crippen molar-refractivity contribution in [3.05, 3.63) is 23.7 Å². The highest BCUT2D eigenvalue weighted by molar-refractivity contribution is 5.06. The Balaban J connectivity index is 2.30. The van der Waals surface area contributed by atoms with Crippen molar-refractivity contribution in [2.45, 2.75) is 32.5 Å². The summed E-state index contributed by atoms with van der Waals surface area (Å²) in [5.41, 5.74) is 0. The van der Waals surface area contributed by atoms with Crippen LogP contribution in [0.1, 0.15) is 24.9 Å². The van der Waals surface area contributed by atoms with Gasteiger partial charge in [-0.25, -0.2) is 0 Å². The molecular weight excluding hydrogens is 182 g/mol. The predicted molar refractivity (Wildman–Crippen MR) is 52.6 cm³/mol. The molecule has 1 unspecified atom stereocenters. The van der Waals surface area contributed by atoms with Gasteiger partial charge in [0.15, 0.2) is 0 Å². The molecule has 0 fully saturated rings. The molecule has 0 aliphatic rings. The molecule has 0 radical (unpaired) electrons. The van der Waals surface area contributed by atoms with E-state index in [1.54, 1.807) is 6.07 Å². The van der Waals surface area contributed by atoms with Crippen LogP contribution in [-0.4, -0.2) is 22.9 Å². The lowest BCUT2D eigenvalue weighted by Crippen LogP contribution is -2.26. The van der Waals surface area contributed by atoms with E-state index in [1.807, 2.05) is 13.0 Å². The van der Waals surface area contributed by atoms with Gasteiger partial charge in [0.2, 0.25) is 0 Å². The second kappa shape index (κ2) is 5.80. The summed E-state index contributed by atoms with van der Waals surface area (Å²) >= 11 is 0. The standard InChI is InChI=1S/C10H17NO3/c1-8(4-5-12)11-6-9-2-3-10(7-13)14-9/h2-3,8,11-13H,4-7H2,1H3. The first-order valence-corrected chi connectivity index (χ1v) is 4.79. The quantitative estimate of drug-likeness (QED) is 0.628. The second-order valence-electron chi connectivity index (χ2n) is 3.32. The summed E-state index contributed by atoms with van der Waals surface area (Å²) in [4.78, 5) is 0. The number of hydrogen-bond acceptors (Lipinski definition) is 4. The summed E-state index contributed by atoms with van der Waals surface area (Å²) < 4.78 is 5.29. The molecule has 1 aromatic heterocycles. The van der Waals surface area contributed by atoms with Gasteiger partial charge in [0, 0.05) is 12.6 Å². The topological polar surface area (TPSA) is 65.6 Å². The molecule has 0 saturated heterocycles. The lowest BCUT2D eigenvalue weighted by Gasteiger charge is -2.10. The number of aliphatic hydroxyl groups is 2. The van der Waals surface area contributed by atoms with Gasteiger partial charge < -0.3 is 19.9 Å². The van der Waals surface area contributed by atoms with Crippen LogP contribution in [0.15, 0.2) is 16.5 Å². The lowest BCUT2D eigenvalue weighted by molar-refractivity contribution is 0.241. The Morgan fingerprint density at radius 3 is 2.64 bits per heavy atom. The van der Waals surface area contributed by atoms with E-state index in [0.29, 0.717) is 12.3 Å². The predicted octanol–water partition coefficient (Wildman–Crippen LogP) is 0.632. The molecule has 0 saturated carbocycles. The van der Waals surface area contributed by atoms with Crippen LogP contribution in [-0.2, 0) is 13.2 Å². The normalized spacial score (nSPS) is 13.1. The van der Waals surface area contributed by atoms with E-state index in [4.69, 9.17) is 14.6 Å². The molecule has 14 heavy (non-hydrogen) atoms. The minimum absolute atomic E-state index is 0.0633. The summed E-state index contributed by atoms with van der Waals surface area (Å²) in [7, 11) is 0. The highest BCUT2D eigenvalue weighted by Gasteiger charge is 2.03. The van der Waals surface area contributed by atoms with Gasteiger partial charge in [-0.1, -0.05) is 0 Å². The Hall–Kier alpha value is -0.840. The molecule has 0 aliphatic heterocycles. The molecule has 0 aliphatic carbocycles. The summed E-state index contributed by atoms with van der Waals surface area (Å²) in [6, 6.07) is 3.86. The van der Waals surface area contributed by atoms with E-state index < -0.39 is 0 Å². The van der Waals surface area contributed by atoms with Crippen LogP contribution >= 0.6 is 0 Å². The number of aliphatic hydroxyl groups excluding tert-OH is 2. The third-order valence-electron chi connectivity index (χ3n) is 2.06. The van der Waals surface area contributed by atoms with Crippen LogP contribution in [0.25, 0.3) is 0 Å². The largest absolute Gasteiger partial charge is 0.462 e.